The van der Waals surface area contributed by atoms with Gasteiger partial charge in [-0.3, -0.25) is 4.90 Å². The molecule has 2 aromatic rings. The van der Waals surface area contributed by atoms with Crippen LogP contribution in [-0.2, 0) is 16.6 Å². The van der Waals surface area contributed by atoms with Crippen molar-refractivity contribution in [2.45, 2.75) is 49.6 Å². The highest BCUT2D eigenvalue weighted by molar-refractivity contribution is 7.89. The van der Waals surface area contributed by atoms with Crippen LogP contribution in [0.25, 0.3) is 0 Å². The van der Waals surface area contributed by atoms with Crippen LogP contribution < -0.4 is 5.32 Å². The average molecular weight is 451 g/mol. The maximum absolute atomic E-state index is 13.4. The molecule has 0 bridgehead atoms. The lowest BCUT2D eigenvalue weighted by Crippen LogP contribution is -2.38. The summed E-state index contributed by atoms with van der Waals surface area (Å²) in [5, 5.41) is 3.38. The summed E-state index contributed by atoms with van der Waals surface area (Å²) in [6.07, 6.45) is 6.10. The topological polar surface area (TPSA) is 65.5 Å². The fraction of sp³-hybridized carbons (Fsp3) is 0.500. The van der Waals surface area contributed by atoms with E-state index in [4.69, 9.17) is 0 Å². The molecule has 9 heteroatoms. The Hall–Kier alpha value is -2.10. The first-order chi connectivity index (χ1) is 14.9. The van der Waals surface area contributed by atoms with Crippen molar-refractivity contribution in [1.29, 1.82) is 0 Å². The predicted octanol–water partition coefficient (Wildman–Crippen LogP) is 3.61. The molecule has 0 aliphatic carbocycles. The zero-order valence-corrected chi connectivity index (χ0v) is 18.3. The van der Waals surface area contributed by atoms with Crippen molar-refractivity contribution in [2.75, 3.05) is 31.5 Å². The second-order valence-corrected chi connectivity index (χ2v) is 10.2. The van der Waals surface area contributed by atoms with Crippen LogP contribution in [0, 0.1) is 11.6 Å². The van der Waals surface area contributed by atoms with Gasteiger partial charge in [-0.2, -0.15) is 4.31 Å². The molecule has 0 radical (unpaired) electrons. The summed E-state index contributed by atoms with van der Waals surface area (Å²) in [5.74, 6) is -0.976. The van der Waals surface area contributed by atoms with E-state index < -0.39 is 21.7 Å². The van der Waals surface area contributed by atoms with Gasteiger partial charge in [0, 0.05) is 45.0 Å². The van der Waals surface area contributed by atoms with E-state index in [0.717, 1.165) is 50.8 Å². The molecule has 0 spiro atoms. The van der Waals surface area contributed by atoms with E-state index >= 15 is 0 Å². The van der Waals surface area contributed by atoms with Gasteiger partial charge in [0.05, 0.1) is 0 Å². The van der Waals surface area contributed by atoms with Crippen LogP contribution in [0.2, 0.25) is 0 Å². The third kappa shape index (κ3) is 5.39. The number of rotatable bonds is 6. The Morgan fingerprint density at radius 3 is 2.35 bits per heavy atom. The molecular weight excluding hydrogens is 422 g/mol. The summed E-state index contributed by atoms with van der Waals surface area (Å²) < 4.78 is 53.5. The van der Waals surface area contributed by atoms with Crippen LogP contribution in [0.3, 0.4) is 0 Å². The normalized spacial score (nSPS) is 19.4. The molecule has 1 N–H and O–H groups in total. The molecule has 6 nitrogen and oxygen atoms in total. The minimum atomic E-state index is -3.47. The number of anilines is 1. The van der Waals surface area contributed by atoms with Gasteiger partial charge in [-0.25, -0.2) is 22.2 Å². The number of halogens is 2. The van der Waals surface area contributed by atoms with Crippen molar-refractivity contribution < 1.29 is 17.2 Å². The number of nitrogens with zero attached hydrogens (tertiary/aromatic N) is 3. The number of likely N-dealkylation sites (tertiary alicyclic amines) is 1. The van der Waals surface area contributed by atoms with Gasteiger partial charge in [-0.05, 0) is 55.5 Å². The minimum Gasteiger partial charge on any atom is -0.367 e. The number of pyridine rings is 1. The third-order valence-corrected chi connectivity index (χ3v) is 7.90. The summed E-state index contributed by atoms with van der Waals surface area (Å²) in [5.41, 5.74) is 0.762. The van der Waals surface area contributed by atoms with E-state index in [0.29, 0.717) is 25.5 Å². The zero-order chi connectivity index (χ0) is 21.8. The molecule has 2 aliphatic rings. The molecule has 0 amide bonds. The lowest BCUT2D eigenvalue weighted by Gasteiger charge is -2.32. The smallest absolute Gasteiger partial charge is 0.244 e. The Morgan fingerprint density at radius 2 is 1.71 bits per heavy atom. The van der Waals surface area contributed by atoms with E-state index in [1.807, 2.05) is 0 Å². The van der Waals surface area contributed by atoms with Crippen molar-refractivity contribution in [2.24, 2.45) is 0 Å². The fourth-order valence-electron chi connectivity index (χ4n) is 4.21. The van der Waals surface area contributed by atoms with Gasteiger partial charge in [0.2, 0.25) is 10.0 Å². The average Bonchev–Trinajstić information content (AvgIpc) is 2.79. The van der Waals surface area contributed by atoms with Crippen molar-refractivity contribution in [3.05, 3.63) is 53.7 Å². The number of benzene rings is 1. The first kappa shape index (κ1) is 22.1. The molecule has 2 fully saturated rings. The summed E-state index contributed by atoms with van der Waals surface area (Å²) >= 11 is 0. The maximum atomic E-state index is 13.4. The lowest BCUT2D eigenvalue weighted by molar-refractivity contribution is 0.211. The molecule has 0 saturated carbocycles. The van der Waals surface area contributed by atoms with Crippen LogP contribution in [0.1, 0.15) is 37.7 Å². The quantitative estimate of drug-likeness (QED) is 0.728. The highest BCUT2D eigenvalue weighted by Gasteiger charge is 2.26. The van der Waals surface area contributed by atoms with Gasteiger partial charge in [0.25, 0.3) is 0 Å². The standard InChI is InChI=1S/C22H28F2N4O2S/c23-20-6-4-17(14-21(20)24)16-27-12-8-18(9-13-27)26-22-7-5-19(15-25-22)31(29,30)28-10-2-1-3-11-28/h4-7,14-15,18H,1-3,8-13,16H2,(H,25,26). The largest absolute Gasteiger partial charge is 0.367 e. The SMILES string of the molecule is O=S(=O)(c1ccc(NC2CCN(Cc3ccc(F)c(F)c3)CC2)nc1)N1CCCCC1. The van der Waals surface area contributed by atoms with Gasteiger partial charge in [0.1, 0.15) is 10.7 Å². The molecule has 4 rings (SSSR count). The Morgan fingerprint density at radius 1 is 0.968 bits per heavy atom. The second-order valence-electron chi connectivity index (χ2n) is 8.29. The van der Waals surface area contributed by atoms with Crippen molar-refractivity contribution in [3.8, 4) is 0 Å². The summed E-state index contributed by atoms with van der Waals surface area (Å²) in [4.78, 5) is 6.78. The van der Waals surface area contributed by atoms with Crippen LogP contribution >= 0.6 is 0 Å². The Labute approximate surface area is 182 Å². The monoisotopic (exact) mass is 450 g/mol. The van der Waals surface area contributed by atoms with Crippen molar-refractivity contribution in [1.82, 2.24) is 14.2 Å². The molecule has 2 saturated heterocycles. The van der Waals surface area contributed by atoms with Gasteiger partial charge >= 0.3 is 0 Å². The number of sulfonamides is 1. The van der Waals surface area contributed by atoms with Gasteiger partial charge in [-0.15, -0.1) is 0 Å². The molecule has 0 unspecified atom stereocenters. The molecular formula is C22H28F2N4O2S. The van der Waals surface area contributed by atoms with Crippen LogP contribution in [0.4, 0.5) is 14.6 Å². The molecule has 3 heterocycles. The predicted molar refractivity (Wildman–Crippen MR) is 115 cm³/mol. The van der Waals surface area contributed by atoms with Crippen LogP contribution in [0.15, 0.2) is 41.4 Å². The van der Waals surface area contributed by atoms with Gasteiger partial charge in [-0.1, -0.05) is 12.5 Å². The molecule has 2 aliphatic heterocycles. The number of piperidine rings is 2. The number of aromatic nitrogens is 1. The molecule has 0 atom stereocenters. The fourth-order valence-corrected chi connectivity index (χ4v) is 5.68. The number of nitrogens with one attached hydrogen (secondary N) is 1. The Kier molecular flexibility index (Phi) is 6.83. The zero-order valence-electron chi connectivity index (χ0n) is 17.4. The summed E-state index contributed by atoms with van der Waals surface area (Å²) in [6, 6.07) is 7.62. The van der Waals surface area contributed by atoms with E-state index in [2.05, 4.69) is 15.2 Å². The van der Waals surface area contributed by atoms with E-state index in [9.17, 15) is 17.2 Å². The van der Waals surface area contributed by atoms with Gasteiger partial charge in [0.15, 0.2) is 11.6 Å². The minimum absolute atomic E-state index is 0.234. The van der Waals surface area contributed by atoms with E-state index in [1.54, 1.807) is 22.5 Å². The van der Waals surface area contributed by atoms with E-state index in [1.165, 1.54) is 18.3 Å². The molecule has 31 heavy (non-hydrogen) atoms. The van der Waals surface area contributed by atoms with Crippen molar-refractivity contribution in [3.63, 3.8) is 0 Å². The van der Waals surface area contributed by atoms with Crippen molar-refractivity contribution >= 4 is 15.8 Å². The van der Waals surface area contributed by atoms with Crippen LogP contribution in [0.5, 0.6) is 0 Å². The summed E-state index contributed by atoms with van der Waals surface area (Å²) in [7, 11) is -3.47. The molecule has 1 aromatic heterocycles. The Balaban J connectivity index is 1.29. The first-order valence-corrected chi connectivity index (χ1v) is 12.2. The molecule has 1 aromatic carbocycles. The molecule has 168 valence electrons. The second kappa shape index (κ2) is 9.58. The Bertz CT molecular complexity index is 987. The van der Waals surface area contributed by atoms with Crippen LogP contribution in [-0.4, -0.2) is 54.8 Å². The third-order valence-electron chi connectivity index (χ3n) is 6.02. The number of hydrogen-bond donors (Lipinski definition) is 1. The maximum Gasteiger partial charge on any atom is 0.244 e. The highest BCUT2D eigenvalue weighted by atomic mass is 32.2. The first-order valence-electron chi connectivity index (χ1n) is 10.8. The van der Waals surface area contributed by atoms with Gasteiger partial charge < -0.3 is 5.32 Å². The lowest BCUT2D eigenvalue weighted by atomic mass is 10.0. The van der Waals surface area contributed by atoms with E-state index in [-0.39, 0.29) is 10.9 Å². The number of hydrogen-bond acceptors (Lipinski definition) is 5. The summed E-state index contributed by atoms with van der Waals surface area (Å²) in [6.45, 7) is 3.40. The highest BCUT2D eigenvalue weighted by Crippen LogP contribution is 2.22.